The molecular weight excluding hydrogens is 238 g/mol. The van der Waals surface area contributed by atoms with Crippen LogP contribution in [0.4, 0.5) is 0 Å². The van der Waals surface area contributed by atoms with Crippen LogP contribution in [0.2, 0.25) is 0 Å². The van der Waals surface area contributed by atoms with Gasteiger partial charge in [0.1, 0.15) is 17.3 Å². The van der Waals surface area contributed by atoms with E-state index in [9.17, 15) is 0 Å². The lowest BCUT2D eigenvalue weighted by atomic mass is 10.2. The molecule has 0 bridgehead atoms. The Hall–Kier alpha value is -1.55. The Bertz CT molecular complexity index is 525. The van der Waals surface area contributed by atoms with E-state index in [-0.39, 0.29) is 0 Å². The lowest BCUT2D eigenvalue weighted by molar-refractivity contribution is 0.505. The zero-order valence-electron chi connectivity index (χ0n) is 12.2. The Labute approximate surface area is 114 Å². The number of nitrogens with zero attached hydrogens (tertiary/aromatic N) is 1. The molecular formula is C15H23N3O. The van der Waals surface area contributed by atoms with Crippen molar-refractivity contribution in [1.82, 2.24) is 15.3 Å². The van der Waals surface area contributed by atoms with Crippen molar-refractivity contribution in [3.8, 4) is 11.3 Å². The molecule has 19 heavy (non-hydrogen) atoms. The Morgan fingerprint density at radius 3 is 2.79 bits per heavy atom. The van der Waals surface area contributed by atoms with Gasteiger partial charge in [0.25, 0.3) is 0 Å². The number of nitrogens with one attached hydrogen (secondary N) is 2. The van der Waals surface area contributed by atoms with Crippen molar-refractivity contribution in [2.45, 2.75) is 46.6 Å². The molecule has 2 N–H and O–H groups in total. The highest BCUT2D eigenvalue weighted by molar-refractivity contribution is 5.61. The first-order valence-corrected chi connectivity index (χ1v) is 6.91. The van der Waals surface area contributed by atoms with E-state index in [2.05, 4.69) is 29.1 Å². The first-order chi connectivity index (χ1) is 9.06. The van der Waals surface area contributed by atoms with Crippen molar-refractivity contribution in [3.05, 3.63) is 29.6 Å². The van der Waals surface area contributed by atoms with E-state index in [1.165, 1.54) is 0 Å². The maximum absolute atomic E-state index is 5.55. The number of hydrogen-bond acceptors (Lipinski definition) is 3. The zero-order chi connectivity index (χ0) is 13.8. The summed E-state index contributed by atoms with van der Waals surface area (Å²) in [5.41, 5.74) is 2.15. The fraction of sp³-hybridized carbons (Fsp3) is 0.533. The second-order valence-corrected chi connectivity index (χ2v) is 5.28. The molecule has 2 aromatic rings. The fourth-order valence-corrected chi connectivity index (χ4v) is 2.17. The number of aryl methyl sites for hydroxylation is 3. The van der Waals surface area contributed by atoms with Gasteiger partial charge in [0.2, 0.25) is 0 Å². The summed E-state index contributed by atoms with van der Waals surface area (Å²) < 4.78 is 5.55. The topological polar surface area (TPSA) is 53.9 Å². The normalized spacial score (nSPS) is 11.4. The smallest absolute Gasteiger partial charge is 0.110 e. The summed E-state index contributed by atoms with van der Waals surface area (Å²) in [5, 5.41) is 3.41. The Balaban J connectivity index is 1.94. The van der Waals surface area contributed by atoms with Crippen LogP contribution in [0.25, 0.3) is 11.3 Å². The summed E-state index contributed by atoms with van der Waals surface area (Å²) in [6, 6.07) is 2.59. The van der Waals surface area contributed by atoms with Gasteiger partial charge in [-0.3, -0.25) is 0 Å². The maximum Gasteiger partial charge on any atom is 0.110 e. The van der Waals surface area contributed by atoms with E-state index in [4.69, 9.17) is 4.42 Å². The third-order valence-corrected chi connectivity index (χ3v) is 3.10. The van der Waals surface area contributed by atoms with Gasteiger partial charge in [-0.1, -0.05) is 13.8 Å². The number of imidazole rings is 1. The summed E-state index contributed by atoms with van der Waals surface area (Å²) in [5.74, 6) is 2.91. The standard InChI is InChI=1S/C15H23N3O/c1-10(2)16-7-5-6-15-17-9-14(18-15)13-8-11(3)19-12(13)4/h8-10,16H,5-7H2,1-4H3,(H,17,18). The van der Waals surface area contributed by atoms with Crippen LogP contribution in [-0.2, 0) is 6.42 Å². The van der Waals surface area contributed by atoms with E-state index >= 15 is 0 Å². The van der Waals surface area contributed by atoms with Crippen LogP contribution in [0.5, 0.6) is 0 Å². The molecule has 4 nitrogen and oxygen atoms in total. The number of aromatic nitrogens is 2. The van der Waals surface area contributed by atoms with Crippen molar-refractivity contribution in [1.29, 1.82) is 0 Å². The molecule has 0 unspecified atom stereocenters. The highest BCUT2D eigenvalue weighted by atomic mass is 16.3. The lowest BCUT2D eigenvalue weighted by Crippen LogP contribution is -2.24. The van der Waals surface area contributed by atoms with Gasteiger partial charge in [-0.2, -0.15) is 0 Å². The molecule has 0 saturated carbocycles. The molecule has 0 atom stereocenters. The molecule has 0 fully saturated rings. The van der Waals surface area contributed by atoms with E-state index in [1.807, 2.05) is 26.1 Å². The molecule has 104 valence electrons. The molecule has 0 radical (unpaired) electrons. The van der Waals surface area contributed by atoms with Crippen LogP contribution in [0.3, 0.4) is 0 Å². The quantitative estimate of drug-likeness (QED) is 0.785. The minimum atomic E-state index is 0.545. The van der Waals surface area contributed by atoms with Gasteiger partial charge in [-0.05, 0) is 32.9 Å². The SMILES string of the molecule is Cc1cc(-c2cnc(CCCNC(C)C)[nH]2)c(C)o1. The van der Waals surface area contributed by atoms with E-state index < -0.39 is 0 Å². The number of aromatic amines is 1. The molecule has 2 rings (SSSR count). The molecule has 2 aromatic heterocycles. The predicted octanol–water partition coefficient (Wildman–Crippen LogP) is 3.22. The first kappa shape index (κ1) is 13.9. The second kappa shape index (κ2) is 6.06. The average Bonchev–Trinajstić information content (AvgIpc) is 2.91. The van der Waals surface area contributed by atoms with Crippen molar-refractivity contribution in [2.24, 2.45) is 0 Å². The van der Waals surface area contributed by atoms with Crippen LogP contribution in [0.15, 0.2) is 16.7 Å². The maximum atomic E-state index is 5.55. The summed E-state index contributed by atoms with van der Waals surface area (Å²) in [6.07, 6.45) is 3.95. The van der Waals surface area contributed by atoms with E-state index in [1.54, 1.807) is 0 Å². The summed E-state index contributed by atoms with van der Waals surface area (Å²) in [4.78, 5) is 7.81. The van der Waals surface area contributed by atoms with Crippen molar-refractivity contribution >= 4 is 0 Å². The second-order valence-electron chi connectivity index (χ2n) is 5.28. The summed E-state index contributed by atoms with van der Waals surface area (Å²) >= 11 is 0. The van der Waals surface area contributed by atoms with Gasteiger partial charge in [0.15, 0.2) is 0 Å². The molecule has 4 heteroatoms. The summed E-state index contributed by atoms with van der Waals surface area (Å²) in [6.45, 7) is 9.29. The van der Waals surface area contributed by atoms with Gasteiger partial charge in [0, 0.05) is 18.0 Å². The Morgan fingerprint density at radius 1 is 1.37 bits per heavy atom. The molecule has 0 aliphatic heterocycles. The molecule has 0 aliphatic rings. The predicted molar refractivity (Wildman–Crippen MR) is 77.2 cm³/mol. The van der Waals surface area contributed by atoms with Crippen molar-refractivity contribution in [3.63, 3.8) is 0 Å². The van der Waals surface area contributed by atoms with Crippen LogP contribution in [0.1, 0.15) is 37.6 Å². The van der Waals surface area contributed by atoms with Crippen LogP contribution >= 0.6 is 0 Å². The van der Waals surface area contributed by atoms with Crippen LogP contribution < -0.4 is 5.32 Å². The van der Waals surface area contributed by atoms with Crippen molar-refractivity contribution in [2.75, 3.05) is 6.54 Å². The number of rotatable bonds is 6. The molecule has 0 aliphatic carbocycles. The average molecular weight is 261 g/mol. The largest absolute Gasteiger partial charge is 0.466 e. The number of H-pyrrole nitrogens is 1. The molecule has 0 amide bonds. The third kappa shape index (κ3) is 3.70. The van der Waals surface area contributed by atoms with Crippen LogP contribution in [0, 0.1) is 13.8 Å². The first-order valence-electron chi connectivity index (χ1n) is 6.91. The van der Waals surface area contributed by atoms with Crippen LogP contribution in [-0.4, -0.2) is 22.6 Å². The molecule has 0 aromatic carbocycles. The molecule has 2 heterocycles. The number of hydrogen-bond donors (Lipinski definition) is 2. The minimum absolute atomic E-state index is 0.545. The Morgan fingerprint density at radius 2 is 2.16 bits per heavy atom. The Kier molecular flexibility index (Phi) is 4.43. The van der Waals surface area contributed by atoms with Gasteiger partial charge in [0.05, 0.1) is 11.9 Å². The lowest BCUT2D eigenvalue weighted by Gasteiger charge is -2.06. The van der Waals surface area contributed by atoms with E-state index in [0.717, 1.165) is 48.0 Å². The van der Waals surface area contributed by atoms with Gasteiger partial charge >= 0.3 is 0 Å². The molecule has 0 spiro atoms. The van der Waals surface area contributed by atoms with Crippen molar-refractivity contribution < 1.29 is 4.42 Å². The monoisotopic (exact) mass is 261 g/mol. The minimum Gasteiger partial charge on any atom is -0.466 e. The highest BCUT2D eigenvalue weighted by Gasteiger charge is 2.10. The van der Waals surface area contributed by atoms with E-state index in [0.29, 0.717) is 6.04 Å². The number of furan rings is 1. The zero-order valence-corrected chi connectivity index (χ0v) is 12.2. The van der Waals surface area contributed by atoms with Gasteiger partial charge in [-0.25, -0.2) is 4.98 Å². The third-order valence-electron chi connectivity index (χ3n) is 3.10. The van der Waals surface area contributed by atoms with Gasteiger partial charge < -0.3 is 14.7 Å². The van der Waals surface area contributed by atoms with Gasteiger partial charge in [-0.15, -0.1) is 0 Å². The highest BCUT2D eigenvalue weighted by Crippen LogP contribution is 2.24. The summed E-state index contributed by atoms with van der Waals surface area (Å²) in [7, 11) is 0. The fourth-order valence-electron chi connectivity index (χ4n) is 2.17. The molecule has 0 saturated heterocycles.